The predicted molar refractivity (Wildman–Crippen MR) is 148 cm³/mol. The molecule has 0 N–H and O–H groups in total. The van der Waals surface area contributed by atoms with Crippen LogP contribution in [-0.4, -0.2) is 46.1 Å². The van der Waals surface area contributed by atoms with E-state index < -0.39 is 0 Å². The van der Waals surface area contributed by atoms with Crippen LogP contribution in [0.3, 0.4) is 0 Å². The van der Waals surface area contributed by atoms with Crippen molar-refractivity contribution in [3.63, 3.8) is 0 Å². The van der Waals surface area contributed by atoms with E-state index in [9.17, 15) is 0 Å². The molecule has 2 spiro atoms. The first-order chi connectivity index (χ1) is 16.2. The van der Waals surface area contributed by atoms with E-state index in [0.29, 0.717) is 17.1 Å². The van der Waals surface area contributed by atoms with Gasteiger partial charge in [-0.25, -0.2) is 0 Å². The van der Waals surface area contributed by atoms with Gasteiger partial charge in [-0.1, -0.05) is 52.9 Å². The molecule has 0 bridgehead atoms. The molecule has 4 aliphatic rings. The van der Waals surface area contributed by atoms with E-state index in [1.165, 1.54) is 103 Å². The van der Waals surface area contributed by atoms with Crippen LogP contribution in [-0.2, 0) is 0 Å². The van der Waals surface area contributed by atoms with Crippen molar-refractivity contribution >= 4 is 0 Å². The fourth-order valence-electron chi connectivity index (χ4n) is 9.69. The minimum atomic E-state index is 0.510. The lowest BCUT2D eigenvalue weighted by Crippen LogP contribution is -2.59. The largest absolute Gasteiger partial charge is 0.295 e. The molecule has 2 saturated heterocycles. The highest BCUT2D eigenvalue weighted by Crippen LogP contribution is 2.50. The molecule has 2 heterocycles. The molecule has 4 unspecified atom stereocenters. The summed E-state index contributed by atoms with van der Waals surface area (Å²) in [5, 5.41) is 0. The zero-order valence-electron chi connectivity index (χ0n) is 24.2. The Morgan fingerprint density at radius 1 is 0.618 bits per heavy atom. The molecular weight excluding hydrogens is 412 g/mol. The molecule has 0 aromatic heterocycles. The molecule has 0 aromatic carbocycles. The third-order valence-electron chi connectivity index (χ3n) is 11.4. The summed E-state index contributed by atoms with van der Waals surface area (Å²) in [7, 11) is 0. The van der Waals surface area contributed by atoms with Crippen molar-refractivity contribution < 1.29 is 0 Å². The average molecular weight is 473 g/mol. The summed E-state index contributed by atoms with van der Waals surface area (Å²) in [5.74, 6) is 4.62. The molecule has 2 heteroatoms. The number of nitrogens with zero attached hydrogens (tertiary/aromatic N) is 2. The first kappa shape index (κ1) is 27.0. The van der Waals surface area contributed by atoms with E-state index in [1.54, 1.807) is 0 Å². The highest BCUT2D eigenvalue weighted by Gasteiger charge is 2.48. The Hall–Kier alpha value is -0.0800. The first-order valence-electron chi connectivity index (χ1n) is 15.7. The SMILES string of the molecule is CC(C)C1CCN(C(C)C)C2(CCCC(CC(C)[C@H]3CCN(C(C)C)C4(CCCCC4)C3)C2)C1. The van der Waals surface area contributed by atoms with E-state index in [0.717, 1.165) is 35.6 Å². The molecule has 2 saturated carbocycles. The molecule has 0 amide bonds. The normalized spacial score (nSPS) is 36.7. The van der Waals surface area contributed by atoms with E-state index in [1.807, 2.05) is 0 Å². The van der Waals surface area contributed by atoms with Gasteiger partial charge in [0, 0.05) is 23.2 Å². The van der Waals surface area contributed by atoms with Crippen molar-refractivity contribution in [3.8, 4) is 0 Å². The van der Waals surface area contributed by atoms with E-state index in [4.69, 9.17) is 0 Å². The number of likely N-dealkylation sites (tertiary alicyclic amines) is 2. The van der Waals surface area contributed by atoms with Crippen LogP contribution in [0.1, 0.15) is 138 Å². The van der Waals surface area contributed by atoms with Crippen LogP contribution in [0.15, 0.2) is 0 Å². The quantitative estimate of drug-likeness (QED) is 0.382. The molecule has 0 radical (unpaired) electrons. The van der Waals surface area contributed by atoms with Gasteiger partial charge in [0.05, 0.1) is 0 Å². The highest BCUT2D eigenvalue weighted by molar-refractivity contribution is 5.03. The summed E-state index contributed by atoms with van der Waals surface area (Å²) >= 11 is 0. The highest BCUT2D eigenvalue weighted by atomic mass is 15.2. The average Bonchev–Trinajstić information content (AvgIpc) is 2.79. The topological polar surface area (TPSA) is 6.48 Å². The fourth-order valence-corrected chi connectivity index (χ4v) is 9.69. The van der Waals surface area contributed by atoms with Crippen molar-refractivity contribution in [3.05, 3.63) is 0 Å². The van der Waals surface area contributed by atoms with Gasteiger partial charge < -0.3 is 0 Å². The van der Waals surface area contributed by atoms with Gasteiger partial charge in [-0.05, 0) is 128 Å². The van der Waals surface area contributed by atoms with Gasteiger partial charge >= 0.3 is 0 Å². The van der Waals surface area contributed by atoms with Crippen molar-refractivity contribution in [1.29, 1.82) is 0 Å². The zero-order chi connectivity index (χ0) is 24.5. The second kappa shape index (κ2) is 11.1. The van der Waals surface area contributed by atoms with E-state index in [-0.39, 0.29) is 0 Å². The Bertz CT molecular complexity index is 633. The Balaban J connectivity index is 1.43. The number of hydrogen-bond donors (Lipinski definition) is 0. The maximum Gasteiger partial charge on any atom is 0.0217 e. The van der Waals surface area contributed by atoms with Crippen LogP contribution in [0.4, 0.5) is 0 Å². The Morgan fingerprint density at radius 2 is 1.18 bits per heavy atom. The summed E-state index contributed by atoms with van der Waals surface area (Å²) in [4.78, 5) is 5.92. The molecule has 2 nitrogen and oxygen atoms in total. The summed E-state index contributed by atoms with van der Waals surface area (Å²) in [6.07, 6.45) is 20.6. The van der Waals surface area contributed by atoms with Crippen LogP contribution in [0.2, 0.25) is 0 Å². The van der Waals surface area contributed by atoms with E-state index in [2.05, 4.69) is 58.3 Å². The zero-order valence-corrected chi connectivity index (χ0v) is 24.2. The van der Waals surface area contributed by atoms with Gasteiger partial charge in [-0.15, -0.1) is 0 Å². The first-order valence-corrected chi connectivity index (χ1v) is 15.7. The van der Waals surface area contributed by atoms with E-state index >= 15 is 0 Å². The molecule has 4 rings (SSSR count). The lowest BCUT2D eigenvalue weighted by molar-refractivity contribution is -0.0598. The Morgan fingerprint density at radius 3 is 1.79 bits per heavy atom. The third kappa shape index (κ3) is 5.58. The second-order valence-corrected chi connectivity index (χ2v) is 14.5. The number of rotatable bonds is 6. The second-order valence-electron chi connectivity index (χ2n) is 14.5. The lowest BCUT2D eigenvalue weighted by Gasteiger charge is -2.57. The molecule has 34 heavy (non-hydrogen) atoms. The van der Waals surface area contributed by atoms with Gasteiger partial charge in [-0.3, -0.25) is 9.80 Å². The van der Waals surface area contributed by atoms with Crippen LogP contribution >= 0.6 is 0 Å². The van der Waals surface area contributed by atoms with Crippen molar-refractivity contribution in [2.45, 2.75) is 162 Å². The lowest BCUT2D eigenvalue weighted by atomic mass is 9.63. The van der Waals surface area contributed by atoms with Gasteiger partial charge in [0.2, 0.25) is 0 Å². The maximum atomic E-state index is 2.97. The predicted octanol–water partition coefficient (Wildman–Crippen LogP) is 8.54. The van der Waals surface area contributed by atoms with Gasteiger partial charge in [0.1, 0.15) is 0 Å². The molecule has 2 aliphatic heterocycles. The Labute approximate surface area is 214 Å². The minimum absolute atomic E-state index is 0.510. The van der Waals surface area contributed by atoms with Gasteiger partial charge in [0.25, 0.3) is 0 Å². The van der Waals surface area contributed by atoms with Crippen LogP contribution in [0.25, 0.3) is 0 Å². The van der Waals surface area contributed by atoms with Gasteiger partial charge in [-0.2, -0.15) is 0 Å². The monoisotopic (exact) mass is 472 g/mol. The molecule has 0 aromatic rings. The van der Waals surface area contributed by atoms with Crippen LogP contribution in [0.5, 0.6) is 0 Å². The van der Waals surface area contributed by atoms with Crippen LogP contribution < -0.4 is 0 Å². The standard InChI is InChI=1S/C32H60N2/c1-24(2)29-13-18-34(26(5)6)32(22-29)17-11-12-28(21-32)20-27(7)30-14-19-33(25(3)4)31(23-30)15-9-8-10-16-31/h24-30H,8-23H2,1-7H3/t27?,28?,29?,30-,32?/m0/s1. The molecular formula is C32H60N2. The maximum absolute atomic E-state index is 2.97. The Kier molecular flexibility index (Phi) is 8.82. The van der Waals surface area contributed by atoms with Gasteiger partial charge in [0.15, 0.2) is 0 Å². The molecule has 2 aliphatic carbocycles. The summed E-state index contributed by atoms with van der Waals surface area (Å²) < 4.78 is 0. The summed E-state index contributed by atoms with van der Waals surface area (Å²) in [5.41, 5.74) is 1.05. The fraction of sp³-hybridized carbons (Fsp3) is 1.00. The number of piperidine rings is 2. The number of hydrogen-bond acceptors (Lipinski definition) is 2. The summed E-state index contributed by atoms with van der Waals surface area (Å²) in [6, 6.07) is 1.42. The van der Waals surface area contributed by atoms with Crippen LogP contribution in [0, 0.1) is 29.6 Å². The summed E-state index contributed by atoms with van der Waals surface area (Å²) in [6.45, 7) is 20.2. The van der Waals surface area contributed by atoms with Crippen molar-refractivity contribution in [1.82, 2.24) is 9.80 Å². The smallest absolute Gasteiger partial charge is 0.0217 e. The third-order valence-corrected chi connectivity index (χ3v) is 11.4. The van der Waals surface area contributed by atoms with Crippen molar-refractivity contribution in [2.75, 3.05) is 13.1 Å². The molecule has 198 valence electrons. The van der Waals surface area contributed by atoms with Crippen molar-refractivity contribution in [2.24, 2.45) is 29.6 Å². The molecule has 5 atom stereocenters. The molecule has 4 fully saturated rings. The minimum Gasteiger partial charge on any atom is -0.295 e.